The Morgan fingerprint density at radius 2 is 1.56 bits per heavy atom. The van der Waals surface area contributed by atoms with E-state index in [0.717, 1.165) is 0 Å². The van der Waals surface area contributed by atoms with E-state index in [1.807, 2.05) is 0 Å². The molecule has 1 radical (unpaired) electrons. The van der Waals surface area contributed by atoms with Crippen molar-refractivity contribution >= 4 is 15.2 Å². The largest absolute Gasteiger partial charge is 3.00 e. The Labute approximate surface area is 126 Å². The van der Waals surface area contributed by atoms with E-state index in [0.29, 0.717) is 0 Å². The van der Waals surface area contributed by atoms with Crippen LogP contribution in [-0.4, -0.2) is 5.90 Å². The van der Waals surface area contributed by atoms with Gasteiger partial charge in [0.25, 0.3) is 0 Å². The van der Waals surface area contributed by atoms with Crippen molar-refractivity contribution in [3.63, 3.8) is 0 Å². The third-order valence-corrected chi connectivity index (χ3v) is 4.59. The molecule has 9 heteroatoms. The van der Waals surface area contributed by atoms with Crippen LogP contribution in [0.1, 0.15) is 0 Å². The fourth-order valence-corrected chi connectivity index (χ4v) is 3.25. The fraction of sp³-hybridized carbons (Fsp3) is 0.143. The van der Waals surface area contributed by atoms with Gasteiger partial charge in [0.15, 0.2) is 7.60 Å². The number of hydrogen-bond donors (Lipinski definition) is 0. The zero-order chi connectivity index (χ0) is 11.5. The molecule has 0 aliphatic rings. The number of benzene rings is 1. The van der Waals surface area contributed by atoms with Gasteiger partial charge in [-0.25, -0.2) is 0 Å². The van der Waals surface area contributed by atoms with Gasteiger partial charge in [-0.15, -0.1) is 0 Å². The van der Waals surface area contributed by atoms with Crippen LogP contribution in [-0.2, 0) is 9.13 Å². The Morgan fingerprint density at radius 3 is 2.00 bits per heavy atom. The van der Waals surface area contributed by atoms with Gasteiger partial charge in [0.1, 0.15) is 5.75 Å². The van der Waals surface area contributed by atoms with Crippen LogP contribution in [0.4, 0.5) is 0 Å². The van der Waals surface area contributed by atoms with E-state index in [1.54, 1.807) is 6.07 Å². The Balaban J connectivity index is 0.00000225. The number of hydrogen-bond acceptors (Lipinski definition) is 6. The predicted octanol–water partition coefficient (Wildman–Crippen LogP) is -0.510. The van der Waals surface area contributed by atoms with Crippen molar-refractivity contribution < 1.29 is 70.1 Å². The van der Waals surface area contributed by atoms with Crippen LogP contribution in [0, 0.1) is 41.7 Å². The van der Waals surface area contributed by atoms with E-state index >= 15 is 0 Å². The van der Waals surface area contributed by atoms with Crippen molar-refractivity contribution in [2.45, 2.75) is 0 Å². The molecule has 0 fully saturated rings. The normalized spacial score (nSPS) is 14.7. The third-order valence-electron chi connectivity index (χ3n) is 1.33. The molecule has 16 heavy (non-hydrogen) atoms. The molecule has 1 rings (SSSR count). The molecule has 1 unspecified atom stereocenters. The van der Waals surface area contributed by atoms with E-state index in [-0.39, 0.29) is 47.5 Å². The zero-order valence-corrected chi connectivity index (χ0v) is 12.9. The van der Waals surface area contributed by atoms with Gasteiger partial charge in [-0.05, 0) is 12.1 Å². The summed E-state index contributed by atoms with van der Waals surface area (Å²) in [5.41, 5.74) is 0. The maximum atomic E-state index is 11.0. The third kappa shape index (κ3) is 7.14. The molecule has 1 aromatic rings. The van der Waals surface area contributed by atoms with E-state index < -0.39 is 21.1 Å². The molecule has 0 aliphatic carbocycles. The number of para-hydroxylation sites is 1. The van der Waals surface area contributed by atoms with Crippen LogP contribution in [0.25, 0.3) is 0 Å². The van der Waals surface area contributed by atoms with Crippen LogP contribution in [0.5, 0.6) is 5.75 Å². The molecule has 0 aromatic heterocycles. The molecule has 0 bridgehead atoms. The summed E-state index contributed by atoms with van der Waals surface area (Å²) < 4.78 is 25.7. The summed E-state index contributed by atoms with van der Waals surface area (Å²) in [4.78, 5) is 31.6. The summed E-state index contributed by atoms with van der Waals surface area (Å²) >= 11 is 0. The molecule has 0 spiro atoms. The Kier molecular flexibility index (Phi) is 6.92. The molecule has 0 N–H and O–H groups in total. The van der Waals surface area contributed by atoms with Gasteiger partial charge in [-0.2, -0.15) is 0 Å². The molecule has 0 aliphatic heterocycles. The maximum Gasteiger partial charge on any atom is 3.00 e. The van der Waals surface area contributed by atoms with E-state index in [1.165, 1.54) is 24.3 Å². The molecular formula is C7H7CeO6P2. The second-order valence-corrected chi connectivity index (χ2v) is 6.53. The monoisotopic (exact) mass is 389 g/mol. The van der Waals surface area contributed by atoms with Gasteiger partial charge in [0.2, 0.25) is 0 Å². The minimum Gasteiger partial charge on any atom is -0.810 e. The second kappa shape index (κ2) is 6.61. The van der Waals surface area contributed by atoms with Crippen molar-refractivity contribution in [2.75, 3.05) is 5.90 Å². The first kappa shape index (κ1) is 16.7. The summed E-state index contributed by atoms with van der Waals surface area (Å²) in [5.74, 6) is -1.54. The first-order chi connectivity index (χ1) is 6.79. The first-order valence-corrected chi connectivity index (χ1v) is 7.30. The molecule has 0 heterocycles. The van der Waals surface area contributed by atoms with Crippen LogP contribution >= 0.6 is 15.2 Å². The SMILES string of the molecule is O=P([O-])([O-])CP(=O)([O-])Oc1ccccc1.[Ce+3]. The Bertz CT molecular complexity index is 416. The van der Waals surface area contributed by atoms with Gasteiger partial charge in [0, 0.05) is 0 Å². The molecular weight excluding hydrogens is 382 g/mol. The van der Waals surface area contributed by atoms with Gasteiger partial charge in [-0.3, -0.25) is 4.57 Å². The predicted molar refractivity (Wildman–Crippen MR) is 47.2 cm³/mol. The molecule has 0 amide bonds. The quantitative estimate of drug-likeness (QED) is 0.642. The second-order valence-electron chi connectivity index (χ2n) is 2.77. The number of rotatable bonds is 4. The van der Waals surface area contributed by atoms with Crippen molar-refractivity contribution in [2.24, 2.45) is 0 Å². The first-order valence-electron chi connectivity index (χ1n) is 3.84. The minimum atomic E-state index is -5.12. The maximum absolute atomic E-state index is 11.0. The van der Waals surface area contributed by atoms with Crippen LogP contribution < -0.4 is 19.2 Å². The minimum absolute atomic E-state index is 0. The topological polar surface area (TPSA) is 113 Å². The molecule has 1 aromatic carbocycles. The summed E-state index contributed by atoms with van der Waals surface area (Å²) in [6.45, 7) is 0. The zero-order valence-electron chi connectivity index (χ0n) is 7.94. The summed E-state index contributed by atoms with van der Waals surface area (Å²) in [6.07, 6.45) is 0. The van der Waals surface area contributed by atoms with Crippen LogP contribution in [0.15, 0.2) is 30.3 Å². The molecule has 1 atom stereocenters. The smallest absolute Gasteiger partial charge is 0.810 e. The van der Waals surface area contributed by atoms with Crippen molar-refractivity contribution in [3.05, 3.63) is 30.3 Å². The molecule has 0 saturated carbocycles. The van der Waals surface area contributed by atoms with Crippen molar-refractivity contribution in [1.82, 2.24) is 0 Å². The fourth-order valence-electron chi connectivity index (χ4n) is 0.883. The summed E-state index contributed by atoms with van der Waals surface area (Å²) in [5, 5.41) is 0. The average molecular weight is 389 g/mol. The molecule has 85 valence electrons. The van der Waals surface area contributed by atoms with Gasteiger partial charge < -0.3 is 23.8 Å². The standard InChI is InChI=1S/C7H10O6P2.Ce/c8-14(9,10)6-15(11,12)13-7-4-2-1-3-5-7;/h1-5H,6H2,(H,11,12)(H2,8,9,10);/q;+3/p-3. The van der Waals surface area contributed by atoms with Gasteiger partial charge in [0.05, 0.1) is 5.90 Å². The van der Waals surface area contributed by atoms with E-state index in [2.05, 4.69) is 4.52 Å². The van der Waals surface area contributed by atoms with Crippen LogP contribution in [0.3, 0.4) is 0 Å². The molecule has 0 saturated heterocycles. The summed E-state index contributed by atoms with van der Waals surface area (Å²) in [7, 11) is -9.80. The molecule has 6 nitrogen and oxygen atoms in total. The van der Waals surface area contributed by atoms with Crippen molar-refractivity contribution in [3.8, 4) is 5.75 Å². The van der Waals surface area contributed by atoms with Crippen molar-refractivity contribution in [1.29, 1.82) is 0 Å². The van der Waals surface area contributed by atoms with E-state index in [9.17, 15) is 23.8 Å². The Morgan fingerprint density at radius 1 is 1.06 bits per heavy atom. The Hall–Kier alpha value is 0.737. The van der Waals surface area contributed by atoms with Gasteiger partial charge in [-0.1, -0.05) is 25.8 Å². The van der Waals surface area contributed by atoms with Gasteiger partial charge >= 0.3 is 41.7 Å². The van der Waals surface area contributed by atoms with E-state index in [4.69, 9.17) is 0 Å². The van der Waals surface area contributed by atoms with Crippen LogP contribution in [0.2, 0.25) is 0 Å². The average Bonchev–Trinajstić information content (AvgIpc) is 1.99. The summed E-state index contributed by atoms with van der Waals surface area (Å²) in [6, 6.07) is 7.34.